The number of fused-ring (bicyclic) bond motifs is 1. The summed E-state index contributed by atoms with van der Waals surface area (Å²) in [5.41, 5.74) is 1.67. The molecule has 0 aromatic heterocycles. The summed E-state index contributed by atoms with van der Waals surface area (Å²) < 4.78 is 5.31. The molecule has 0 fully saturated rings. The van der Waals surface area contributed by atoms with E-state index in [4.69, 9.17) is 4.74 Å². The molecule has 6 nitrogen and oxygen atoms in total. The molecule has 2 aromatic carbocycles. The Morgan fingerprint density at radius 1 is 1.18 bits per heavy atom. The van der Waals surface area contributed by atoms with E-state index in [-0.39, 0.29) is 18.2 Å². The molecule has 1 heterocycles. The highest BCUT2D eigenvalue weighted by atomic mass is 16.6. The van der Waals surface area contributed by atoms with Crippen molar-refractivity contribution in [3.63, 3.8) is 0 Å². The van der Waals surface area contributed by atoms with Gasteiger partial charge in [0.1, 0.15) is 0 Å². The van der Waals surface area contributed by atoms with Crippen molar-refractivity contribution in [3.8, 4) is 5.75 Å². The number of carbonyl (C=O) groups excluding carboxylic acids is 1. The first-order chi connectivity index (χ1) is 10.6. The first kappa shape index (κ1) is 14.1. The molecule has 3 rings (SSSR count). The lowest BCUT2D eigenvalue weighted by Gasteiger charge is -2.29. The van der Waals surface area contributed by atoms with Crippen molar-refractivity contribution in [2.24, 2.45) is 0 Å². The number of non-ortho nitro benzene ring substituents is 1. The van der Waals surface area contributed by atoms with Crippen molar-refractivity contribution in [1.82, 2.24) is 0 Å². The number of nitro groups is 1. The normalized spacial score (nSPS) is 13.5. The molecule has 0 aliphatic carbocycles. The second-order valence-electron chi connectivity index (χ2n) is 4.98. The van der Waals surface area contributed by atoms with E-state index in [0.717, 1.165) is 5.56 Å². The minimum absolute atomic E-state index is 0.0453. The molecule has 2 aromatic rings. The third-order valence-electron chi connectivity index (χ3n) is 3.56. The molecular formula is C16H14N2O4. The van der Waals surface area contributed by atoms with Crippen molar-refractivity contribution < 1.29 is 14.5 Å². The maximum absolute atomic E-state index is 12.1. The third-order valence-corrected chi connectivity index (χ3v) is 3.56. The Bertz CT molecular complexity index is 715. The van der Waals surface area contributed by atoms with Crippen molar-refractivity contribution in [3.05, 3.63) is 64.2 Å². The molecule has 0 radical (unpaired) electrons. The average molecular weight is 298 g/mol. The summed E-state index contributed by atoms with van der Waals surface area (Å²) in [6.45, 7) is 0.417. The summed E-state index contributed by atoms with van der Waals surface area (Å²) in [5.74, 6) is 0.235. The van der Waals surface area contributed by atoms with E-state index < -0.39 is 4.92 Å². The number of rotatable bonds is 4. The van der Waals surface area contributed by atoms with Gasteiger partial charge in [0.15, 0.2) is 12.4 Å². The number of anilines is 1. The van der Waals surface area contributed by atoms with E-state index in [1.54, 1.807) is 11.0 Å². The third kappa shape index (κ3) is 2.76. The van der Waals surface area contributed by atoms with Crippen LogP contribution in [0.25, 0.3) is 0 Å². The van der Waals surface area contributed by atoms with Gasteiger partial charge in [0.05, 0.1) is 16.7 Å². The van der Waals surface area contributed by atoms with Crippen LogP contribution in [0.15, 0.2) is 48.5 Å². The van der Waals surface area contributed by atoms with Crippen LogP contribution in [-0.2, 0) is 11.2 Å². The Balaban J connectivity index is 1.83. The molecule has 0 saturated heterocycles. The van der Waals surface area contributed by atoms with Gasteiger partial charge in [0, 0.05) is 12.6 Å². The monoisotopic (exact) mass is 298 g/mol. The zero-order valence-electron chi connectivity index (χ0n) is 11.8. The molecule has 112 valence electrons. The van der Waals surface area contributed by atoms with Gasteiger partial charge in [-0.1, -0.05) is 30.3 Å². The number of hydrogen-bond acceptors (Lipinski definition) is 4. The fraction of sp³-hybridized carbons (Fsp3) is 0.188. The van der Waals surface area contributed by atoms with Crippen molar-refractivity contribution in [1.29, 1.82) is 0 Å². The van der Waals surface area contributed by atoms with Gasteiger partial charge in [-0.05, 0) is 18.1 Å². The van der Waals surface area contributed by atoms with E-state index in [0.29, 0.717) is 24.4 Å². The molecule has 0 bridgehead atoms. The number of amides is 1. The largest absolute Gasteiger partial charge is 0.481 e. The predicted molar refractivity (Wildman–Crippen MR) is 81.1 cm³/mol. The standard InChI is InChI=1S/C16H14N2O4/c19-16-11-22-15-10-13(18(20)21)6-7-14(15)17(16)9-8-12-4-2-1-3-5-12/h1-7,10H,8-9,11H2. The van der Waals surface area contributed by atoms with Crippen LogP contribution in [0, 0.1) is 10.1 Å². The van der Waals surface area contributed by atoms with Crippen molar-refractivity contribution in [2.45, 2.75) is 6.42 Å². The molecule has 1 aliphatic heterocycles. The second kappa shape index (κ2) is 5.85. The van der Waals surface area contributed by atoms with Gasteiger partial charge in [-0.15, -0.1) is 0 Å². The van der Waals surface area contributed by atoms with Gasteiger partial charge in [-0.3, -0.25) is 14.9 Å². The molecule has 1 amide bonds. The quantitative estimate of drug-likeness (QED) is 0.642. The Hall–Kier alpha value is -2.89. The number of carbonyl (C=O) groups is 1. The molecular weight excluding hydrogens is 284 g/mol. The van der Waals surface area contributed by atoms with Crippen LogP contribution < -0.4 is 9.64 Å². The van der Waals surface area contributed by atoms with E-state index in [1.165, 1.54) is 12.1 Å². The van der Waals surface area contributed by atoms with E-state index in [1.807, 2.05) is 30.3 Å². The fourth-order valence-corrected chi connectivity index (χ4v) is 2.44. The van der Waals surface area contributed by atoms with Crippen LogP contribution in [0.2, 0.25) is 0 Å². The van der Waals surface area contributed by atoms with Gasteiger partial charge >= 0.3 is 0 Å². The fourth-order valence-electron chi connectivity index (χ4n) is 2.44. The smallest absolute Gasteiger partial charge is 0.273 e. The Morgan fingerprint density at radius 2 is 1.95 bits per heavy atom. The molecule has 0 N–H and O–H groups in total. The number of nitrogens with zero attached hydrogens (tertiary/aromatic N) is 2. The molecule has 0 atom stereocenters. The van der Waals surface area contributed by atoms with Crippen LogP contribution in [0.4, 0.5) is 11.4 Å². The van der Waals surface area contributed by atoms with Gasteiger partial charge in [-0.25, -0.2) is 0 Å². The van der Waals surface area contributed by atoms with Gasteiger partial charge in [-0.2, -0.15) is 0 Å². The van der Waals surface area contributed by atoms with Gasteiger partial charge in [0.2, 0.25) is 0 Å². The summed E-state index contributed by atoms with van der Waals surface area (Å²) >= 11 is 0. The maximum atomic E-state index is 12.1. The minimum atomic E-state index is -0.478. The zero-order chi connectivity index (χ0) is 15.5. The van der Waals surface area contributed by atoms with E-state index >= 15 is 0 Å². The number of hydrogen-bond donors (Lipinski definition) is 0. The summed E-state index contributed by atoms with van der Waals surface area (Å²) in [6, 6.07) is 14.2. The lowest BCUT2D eigenvalue weighted by molar-refractivity contribution is -0.384. The minimum Gasteiger partial charge on any atom is -0.481 e. The van der Waals surface area contributed by atoms with Crippen LogP contribution >= 0.6 is 0 Å². The number of nitro benzene ring substituents is 1. The summed E-state index contributed by atoms with van der Waals surface area (Å²) in [6.07, 6.45) is 0.711. The number of benzene rings is 2. The molecule has 22 heavy (non-hydrogen) atoms. The van der Waals surface area contributed by atoms with Crippen LogP contribution in [0.5, 0.6) is 5.75 Å². The number of ether oxygens (including phenoxy) is 1. The van der Waals surface area contributed by atoms with Crippen molar-refractivity contribution in [2.75, 3.05) is 18.1 Å². The molecule has 6 heteroatoms. The summed E-state index contributed by atoms with van der Waals surface area (Å²) in [5, 5.41) is 10.8. The van der Waals surface area contributed by atoms with Gasteiger partial charge in [0.25, 0.3) is 11.6 Å². The first-order valence-electron chi connectivity index (χ1n) is 6.90. The summed E-state index contributed by atoms with van der Waals surface area (Å²) in [4.78, 5) is 24.0. The van der Waals surface area contributed by atoms with Crippen molar-refractivity contribution >= 4 is 17.3 Å². The SMILES string of the molecule is O=C1COc2cc([N+](=O)[O-])ccc2N1CCc1ccccc1. The first-order valence-corrected chi connectivity index (χ1v) is 6.90. The molecule has 0 unspecified atom stereocenters. The zero-order valence-corrected chi connectivity index (χ0v) is 11.8. The highest BCUT2D eigenvalue weighted by molar-refractivity contribution is 5.98. The van der Waals surface area contributed by atoms with E-state index in [9.17, 15) is 14.9 Å². The Labute approximate surface area is 127 Å². The second-order valence-corrected chi connectivity index (χ2v) is 4.98. The molecule has 1 aliphatic rings. The maximum Gasteiger partial charge on any atom is 0.273 e. The van der Waals surface area contributed by atoms with Crippen LogP contribution in [-0.4, -0.2) is 24.0 Å². The Kier molecular flexibility index (Phi) is 3.74. The molecule has 0 saturated carbocycles. The van der Waals surface area contributed by atoms with E-state index in [2.05, 4.69) is 0 Å². The Morgan fingerprint density at radius 3 is 2.68 bits per heavy atom. The lowest BCUT2D eigenvalue weighted by Crippen LogP contribution is -2.40. The van der Waals surface area contributed by atoms with Crippen LogP contribution in [0.1, 0.15) is 5.56 Å². The highest BCUT2D eigenvalue weighted by Crippen LogP contribution is 2.35. The molecule has 0 spiro atoms. The average Bonchev–Trinajstić information content (AvgIpc) is 2.54. The summed E-state index contributed by atoms with van der Waals surface area (Å²) in [7, 11) is 0. The lowest BCUT2D eigenvalue weighted by atomic mass is 10.1. The topological polar surface area (TPSA) is 72.7 Å². The highest BCUT2D eigenvalue weighted by Gasteiger charge is 2.26. The van der Waals surface area contributed by atoms with Crippen LogP contribution in [0.3, 0.4) is 0 Å². The predicted octanol–water partition coefficient (Wildman–Crippen LogP) is 2.56. The van der Waals surface area contributed by atoms with Gasteiger partial charge < -0.3 is 9.64 Å².